The fourth-order valence-corrected chi connectivity index (χ4v) is 1.14. The van der Waals surface area contributed by atoms with Gasteiger partial charge in [0.25, 0.3) is 0 Å². The lowest BCUT2D eigenvalue weighted by Gasteiger charge is -2.30. The van der Waals surface area contributed by atoms with Crippen LogP contribution >= 0.6 is 0 Å². The number of azide groups is 1. The van der Waals surface area contributed by atoms with Gasteiger partial charge in [-0.1, -0.05) is 5.11 Å². The Balaban J connectivity index is 2.50. The summed E-state index contributed by atoms with van der Waals surface area (Å²) in [7, 11) is 0. The van der Waals surface area contributed by atoms with Crippen LogP contribution in [-0.4, -0.2) is 35.4 Å². The average molecular weight is 157 g/mol. The molecule has 0 aromatic heterocycles. The Hall–Kier alpha value is -0.810. The van der Waals surface area contributed by atoms with E-state index in [-0.39, 0.29) is 6.04 Å². The van der Waals surface area contributed by atoms with Crippen LogP contribution in [0.3, 0.4) is 0 Å². The quantitative estimate of drug-likeness (QED) is 0.234. The summed E-state index contributed by atoms with van der Waals surface area (Å²) in [6.45, 7) is 1.05. The van der Waals surface area contributed by atoms with Gasteiger partial charge >= 0.3 is 0 Å². The van der Waals surface area contributed by atoms with Crippen molar-refractivity contribution in [2.45, 2.75) is 18.6 Å². The Morgan fingerprint density at radius 2 is 2.45 bits per heavy atom. The van der Waals surface area contributed by atoms with Crippen molar-refractivity contribution < 1.29 is 5.11 Å². The second-order valence-corrected chi connectivity index (χ2v) is 2.62. The van der Waals surface area contributed by atoms with Crippen molar-refractivity contribution in [2.75, 3.05) is 13.1 Å². The summed E-state index contributed by atoms with van der Waals surface area (Å²) < 4.78 is 0. The summed E-state index contributed by atoms with van der Waals surface area (Å²) in [4.78, 5) is 2.64. The maximum atomic E-state index is 9.28. The third-order valence-corrected chi connectivity index (χ3v) is 1.78. The molecule has 0 aromatic rings. The first-order valence-electron chi connectivity index (χ1n) is 3.46. The van der Waals surface area contributed by atoms with E-state index in [0.29, 0.717) is 19.5 Å². The number of aliphatic hydroxyl groups is 1. The molecule has 6 nitrogen and oxygen atoms in total. The van der Waals surface area contributed by atoms with Crippen LogP contribution in [0.25, 0.3) is 10.4 Å². The molecule has 11 heavy (non-hydrogen) atoms. The van der Waals surface area contributed by atoms with Gasteiger partial charge in [0.2, 0.25) is 0 Å². The van der Waals surface area contributed by atoms with Gasteiger partial charge in [0.1, 0.15) is 0 Å². The molecule has 6 heteroatoms. The summed E-state index contributed by atoms with van der Waals surface area (Å²) in [6.07, 6.45) is 0.00602. The van der Waals surface area contributed by atoms with Crippen LogP contribution in [0.5, 0.6) is 0 Å². The number of hydrogen-bond acceptors (Lipinski definition) is 4. The molecule has 0 unspecified atom stereocenters. The number of nitrogens with two attached hydrogens (primary N) is 1. The third kappa shape index (κ3) is 2.06. The lowest BCUT2D eigenvalue weighted by molar-refractivity contribution is 0.0538. The third-order valence-electron chi connectivity index (χ3n) is 1.78. The summed E-state index contributed by atoms with van der Waals surface area (Å²) in [5.41, 5.74) is 8.10. The molecule has 1 heterocycles. The van der Waals surface area contributed by atoms with Gasteiger partial charge < -0.3 is 5.11 Å². The van der Waals surface area contributed by atoms with E-state index < -0.39 is 6.10 Å². The number of aliphatic hydroxyl groups excluding tert-OH is 1. The van der Waals surface area contributed by atoms with Crippen molar-refractivity contribution >= 4 is 0 Å². The van der Waals surface area contributed by atoms with Gasteiger partial charge in [-0.3, -0.25) is 5.84 Å². The van der Waals surface area contributed by atoms with E-state index in [4.69, 9.17) is 11.4 Å². The highest BCUT2D eigenvalue weighted by atomic mass is 16.3. The highest BCUT2D eigenvalue weighted by Crippen LogP contribution is 2.11. The minimum atomic E-state index is -0.621. The van der Waals surface area contributed by atoms with E-state index in [1.165, 1.54) is 5.01 Å². The molecule has 0 saturated carbocycles. The minimum absolute atomic E-state index is 0.306. The molecule has 0 amide bonds. The molecule has 0 aliphatic carbocycles. The molecule has 0 aromatic carbocycles. The zero-order valence-electron chi connectivity index (χ0n) is 6.09. The zero-order chi connectivity index (χ0) is 8.27. The van der Waals surface area contributed by atoms with Crippen LogP contribution in [0.1, 0.15) is 6.42 Å². The van der Waals surface area contributed by atoms with E-state index in [1.807, 2.05) is 0 Å². The first-order chi connectivity index (χ1) is 5.24. The number of piperidine rings is 1. The summed E-state index contributed by atoms with van der Waals surface area (Å²) >= 11 is 0. The Labute approximate surface area is 64.2 Å². The van der Waals surface area contributed by atoms with E-state index >= 15 is 0 Å². The van der Waals surface area contributed by atoms with Crippen molar-refractivity contribution in [2.24, 2.45) is 11.0 Å². The van der Waals surface area contributed by atoms with Crippen molar-refractivity contribution in [3.05, 3.63) is 10.4 Å². The van der Waals surface area contributed by atoms with Gasteiger partial charge in [-0.15, -0.1) is 0 Å². The van der Waals surface area contributed by atoms with Crippen molar-refractivity contribution in [3.63, 3.8) is 0 Å². The van der Waals surface area contributed by atoms with Gasteiger partial charge in [0, 0.05) is 18.0 Å². The van der Waals surface area contributed by atoms with E-state index in [9.17, 15) is 5.11 Å². The second-order valence-electron chi connectivity index (χ2n) is 2.62. The molecule has 1 saturated heterocycles. The molecule has 2 atom stereocenters. The normalized spacial score (nSPS) is 32.9. The molecular weight excluding hydrogens is 146 g/mol. The maximum absolute atomic E-state index is 9.28. The molecule has 62 valence electrons. The van der Waals surface area contributed by atoms with E-state index in [2.05, 4.69) is 10.0 Å². The number of nitrogens with zero attached hydrogens (tertiary/aromatic N) is 4. The topological polar surface area (TPSA) is 98.3 Å². The second kappa shape index (κ2) is 3.54. The molecular formula is C5H11N5O. The number of rotatable bonds is 1. The Bertz CT molecular complexity index is 178. The Morgan fingerprint density at radius 3 is 3.00 bits per heavy atom. The summed E-state index contributed by atoms with van der Waals surface area (Å²) in [5, 5.41) is 14.3. The molecule has 1 fully saturated rings. The first kappa shape index (κ1) is 8.29. The highest BCUT2D eigenvalue weighted by molar-refractivity contribution is 4.83. The predicted molar refractivity (Wildman–Crippen MR) is 39.3 cm³/mol. The smallest absolute Gasteiger partial charge is 0.0766 e. The molecule has 1 aliphatic heterocycles. The van der Waals surface area contributed by atoms with Crippen LogP contribution < -0.4 is 5.84 Å². The largest absolute Gasteiger partial charge is 0.391 e. The van der Waals surface area contributed by atoms with Gasteiger partial charge in [0.15, 0.2) is 0 Å². The standard InChI is InChI=1S/C5H11N5O/c6-9-8-4-1-2-10(7)3-5(4)11/h4-5,11H,1-3,7H2/t4-,5-/m1/s1. The lowest BCUT2D eigenvalue weighted by atomic mass is 10.0. The molecule has 1 rings (SSSR count). The van der Waals surface area contributed by atoms with Crippen molar-refractivity contribution in [3.8, 4) is 0 Å². The SMILES string of the molecule is [N-]=[N+]=N[C@@H]1CCN(N)C[C@H]1O. The van der Waals surface area contributed by atoms with Crippen LogP contribution in [0, 0.1) is 0 Å². The van der Waals surface area contributed by atoms with Crippen molar-refractivity contribution in [1.29, 1.82) is 0 Å². The fraction of sp³-hybridized carbons (Fsp3) is 1.00. The van der Waals surface area contributed by atoms with Crippen LogP contribution in [-0.2, 0) is 0 Å². The molecule has 1 aliphatic rings. The minimum Gasteiger partial charge on any atom is -0.391 e. The summed E-state index contributed by atoms with van der Waals surface area (Å²) in [5.74, 6) is 5.42. The van der Waals surface area contributed by atoms with Crippen LogP contribution in [0.2, 0.25) is 0 Å². The van der Waals surface area contributed by atoms with Gasteiger partial charge in [-0.2, -0.15) is 0 Å². The van der Waals surface area contributed by atoms with Crippen molar-refractivity contribution in [1.82, 2.24) is 5.01 Å². The molecule has 3 N–H and O–H groups in total. The van der Waals surface area contributed by atoms with E-state index in [1.54, 1.807) is 0 Å². The highest BCUT2D eigenvalue weighted by Gasteiger charge is 2.24. The number of β-amino-alcohol motifs (C(OH)–C–C–N with tert-alkyl or cyclic N) is 1. The first-order valence-corrected chi connectivity index (χ1v) is 3.46. The Kier molecular flexibility index (Phi) is 2.67. The van der Waals surface area contributed by atoms with Gasteiger partial charge in [0.05, 0.1) is 12.1 Å². The van der Waals surface area contributed by atoms with E-state index in [0.717, 1.165) is 0 Å². The lowest BCUT2D eigenvalue weighted by Crippen LogP contribution is -2.48. The van der Waals surface area contributed by atoms with Crippen LogP contribution in [0.4, 0.5) is 0 Å². The van der Waals surface area contributed by atoms with Gasteiger partial charge in [-0.05, 0) is 12.0 Å². The molecule has 0 bridgehead atoms. The predicted octanol–water partition coefficient (Wildman–Crippen LogP) is -0.394. The number of hydrogen-bond donors (Lipinski definition) is 2. The zero-order valence-corrected chi connectivity index (χ0v) is 6.09. The fourth-order valence-electron chi connectivity index (χ4n) is 1.14. The maximum Gasteiger partial charge on any atom is 0.0766 e. The monoisotopic (exact) mass is 157 g/mol. The Morgan fingerprint density at radius 1 is 1.73 bits per heavy atom. The molecule has 0 radical (unpaired) electrons. The molecule has 0 spiro atoms. The average Bonchev–Trinajstić information content (AvgIpc) is 1.95. The summed E-state index contributed by atoms with van der Waals surface area (Å²) in [6, 6.07) is -0.306. The number of hydrazine groups is 1. The van der Waals surface area contributed by atoms with Crippen LogP contribution in [0.15, 0.2) is 5.11 Å². The van der Waals surface area contributed by atoms with Gasteiger partial charge in [-0.25, -0.2) is 5.01 Å².